The molecule has 5 rings (SSSR count). The molecule has 0 saturated heterocycles. The van der Waals surface area contributed by atoms with Gasteiger partial charge in [-0.25, -0.2) is 22.9 Å². The molecule has 0 fully saturated rings. The van der Waals surface area contributed by atoms with E-state index in [1.54, 1.807) is 18.2 Å². The summed E-state index contributed by atoms with van der Waals surface area (Å²) in [4.78, 5) is 18.4. The highest BCUT2D eigenvalue weighted by Gasteiger charge is 2.21. The van der Waals surface area contributed by atoms with Crippen LogP contribution in [-0.2, 0) is 6.42 Å². The van der Waals surface area contributed by atoms with Crippen molar-refractivity contribution >= 4 is 28.6 Å². The molecular formula is C27H20ClF3N3O3+. The summed E-state index contributed by atoms with van der Waals surface area (Å²) in [5.41, 5.74) is 2.51. The molecule has 5 aromatic rings. The topological polar surface area (TPSA) is 90.1 Å². The van der Waals surface area contributed by atoms with Crippen molar-refractivity contribution in [1.29, 1.82) is 0 Å². The third-order valence-corrected chi connectivity index (χ3v) is 5.77. The number of H-pyrrole nitrogens is 1. The monoisotopic (exact) mass is 526 g/mol. The fourth-order valence-corrected chi connectivity index (χ4v) is 3.74. The van der Waals surface area contributed by atoms with Gasteiger partial charge in [-0.15, -0.1) is 0 Å². The van der Waals surface area contributed by atoms with E-state index in [2.05, 4.69) is 9.97 Å². The lowest BCUT2D eigenvalue weighted by Crippen LogP contribution is -2.35. The molecule has 6 nitrogen and oxygen atoms in total. The van der Waals surface area contributed by atoms with Crippen LogP contribution in [0.3, 0.4) is 0 Å². The Bertz CT molecular complexity index is 1580. The van der Waals surface area contributed by atoms with Gasteiger partial charge in [-0.3, -0.25) is 5.21 Å². The number of carboxylic acid groups (broad SMARTS) is 1. The van der Waals surface area contributed by atoms with E-state index in [1.165, 1.54) is 42.6 Å². The molecule has 0 unspecified atom stereocenters. The number of halogens is 4. The first-order chi connectivity index (χ1) is 17.6. The first-order valence-electron chi connectivity index (χ1n) is 10.9. The van der Waals surface area contributed by atoms with Gasteiger partial charge in [0.2, 0.25) is 11.9 Å². The number of aryl methyl sites for hydroxylation is 1. The third-order valence-electron chi connectivity index (χ3n) is 5.48. The summed E-state index contributed by atoms with van der Waals surface area (Å²) in [6.07, 6.45) is 1.35. The van der Waals surface area contributed by atoms with E-state index >= 15 is 0 Å². The smallest absolute Gasteiger partial charge is 0.335 e. The first-order valence-corrected chi connectivity index (χ1v) is 11.3. The lowest BCUT2D eigenvalue weighted by Gasteiger charge is -2.05. The van der Waals surface area contributed by atoms with Crippen molar-refractivity contribution < 1.29 is 33.0 Å². The number of nitrogens with zero attached hydrogens (tertiary/aromatic N) is 2. The predicted octanol–water partition coefficient (Wildman–Crippen LogP) is 6.11. The number of hydrogen-bond donors (Lipinski definition) is 3. The molecule has 10 heteroatoms. The van der Waals surface area contributed by atoms with Crippen LogP contribution in [0.1, 0.15) is 27.4 Å². The molecule has 2 aromatic heterocycles. The zero-order valence-electron chi connectivity index (χ0n) is 19.3. The van der Waals surface area contributed by atoms with Gasteiger partial charge in [0, 0.05) is 10.8 Å². The average Bonchev–Trinajstić information content (AvgIpc) is 3.27. The molecule has 37 heavy (non-hydrogen) atoms. The standard InChI is InChI=1S/C20H12ClF2N3O3.C7H7F/c21-13-4-5-14(22)18(19(13)23)11-1-3-12(26(29)9-11)8-17-24-15-6-2-10(20(27)28)7-16(15)25-17;1-6-2-4-7(8)5-3-6/h1-7,9H,8H2,(H2-,24,25,27,28,29);2-5H,1H3/p+1. The van der Waals surface area contributed by atoms with Crippen LogP contribution in [-0.4, -0.2) is 26.3 Å². The van der Waals surface area contributed by atoms with Crippen molar-refractivity contribution in [2.24, 2.45) is 0 Å². The van der Waals surface area contributed by atoms with Crippen molar-refractivity contribution in [3.05, 3.63) is 118 Å². The number of fused-ring (bicyclic) bond motifs is 1. The van der Waals surface area contributed by atoms with Gasteiger partial charge in [-0.1, -0.05) is 29.3 Å². The Balaban J connectivity index is 0.000000342. The first kappa shape index (κ1) is 25.7. The molecule has 0 bridgehead atoms. The summed E-state index contributed by atoms with van der Waals surface area (Å²) in [6.45, 7) is 1.93. The minimum Gasteiger partial charge on any atom is -0.478 e. The average molecular weight is 527 g/mol. The van der Waals surface area contributed by atoms with Gasteiger partial charge in [-0.2, -0.15) is 0 Å². The minimum atomic E-state index is -1.05. The number of benzene rings is 3. The molecule has 2 heterocycles. The predicted molar refractivity (Wildman–Crippen MR) is 131 cm³/mol. The fourth-order valence-electron chi connectivity index (χ4n) is 3.58. The summed E-state index contributed by atoms with van der Waals surface area (Å²) >= 11 is 5.72. The highest BCUT2D eigenvalue weighted by atomic mass is 35.5. The molecule has 0 saturated carbocycles. The van der Waals surface area contributed by atoms with Crippen molar-refractivity contribution in [3.63, 3.8) is 0 Å². The summed E-state index contributed by atoms with van der Waals surface area (Å²) in [6, 6.07) is 16.0. The Kier molecular flexibility index (Phi) is 7.45. The molecular weight excluding hydrogens is 507 g/mol. The zero-order chi connectivity index (χ0) is 26.7. The largest absolute Gasteiger partial charge is 0.478 e. The van der Waals surface area contributed by atoms with Gasteiger partial charge in [-0.05, 0) is 55.5 Å². The molecule has 0 atom stereocenters. The maximum atomic E-state index is 14.2. The Labute approximate surface area is 214 Å². The number of aromatic carboxylic acids is 1. The second-order valence-electron chi connectivity index (χ2n) is 8.16. The van der Waals surface area contributed by atoms with Gasteiger partial charge in [0.1, 0.15) is 17.5 Å². The number of nitrogens with one attached hydrogen (secondary N) is 1. The minimum absolute atomic E-state index is 0.115. The second-order valence-corrected chi connectivity index (χ2v) is 8.57. The van der Waals surface area contributed by atoms with Crippen LogP contribution in [0, 0.1) is 24.4 Å². The molecule has 3 N–H and O–H groups in total. The van der Waals surface area contributed by atoms with Gasteiger partial charge in [0.05, 0.1) is 39.2 Å². The van der Waals surface area contributed by atoms with Crippen LogP contribution in [0.15, 0.2) is 72.9 Å². The van der Waals surface area contributed by atoms with Crippen LogP contribution in [0.4, 0.5) is 13.2 Å². The lowest BCUT2D eigenvalue weighted by atomic mass is 10.1. The van der Waals surface area contributed by atoms with Crippen LogP contribution in [0.2, 0.25) is 5.02 Å². The molecule has 0 aliphatic carbocycles. The molecule has 0 radical (unpaired) electrons. The number of carbonyl (C=O) groups is 1. The highest BCUT2D eigenvalue weighted by Crippen LogP contribution is 2.30. The highest BCUT2D eigenvalue weighted by molar-refractivity contribution is 6.31. The number of aromatic nitrogens is 3. The Morgan fingerprint density at radius 1 is 1.03 bits per heavy atom. The lowest BCUT2D eigenvalue weighted by molar-refractivity contribution is -0.909. The summed E-state index contributed by atoms with van der Waals surface area (Å²) in [7, 11) is 0. The number of imidazole rings is 1. The number of pyridine rings is 1. The Hall–Kier alpha value is -4.37. The summed E-state index contributed by atoms with van der Waals surface area (Å²) < 4.78 is 41.1. The van der Waals surface area contributed by atoms with E-state index in [9.17, 15) is 23.2 Å². The molecule has 0 amide bonds. The molecule has 0 spiro atoms. The van der Waals surface area contributed by atoms with E-state index in [0.717, 1.165) is 22.4 Å². The second kappa shape index (κ2) is 10.7. The van der Waals surface area contributed by atoms with Crippen molar-refractivity contribution in [1.82, 2.24) is 9.97 Å². The van der Waals surface area contributed by atoms with E-state index in [4.69, 9.17) is 16.7 Å². The van der Waals surface area contributed by atoms with Crippen LogP contribution < -0.4 is 4.73 Å². The van der Waals surface area contributed by atoms with Gasteiger partial charge < -0.3 is 10.1 Å². The van der Waals surface area contributed by atoms with Crippen LogP contribution in [0.25, 0.3) is 22.2 Å². The summed E-state index contributed by atoms with van der Waals surface area (Å²) in [5.74, 6) is -2.45. The number of carboxylic acids is 1. The summed E-state index contributed by atoms with van der Waals surface area (Å²) in [5, 5.41) is 19.1. The Morgan fingerprint density at radius 2 is 1.76 bits per heavy atom. The quantitative estimate of drug-likeness (QED) is 0.150. The van der Waals surface area contributed by atoms with Crippen molar-refractivity contribution in [2.75, 3.05) is 0 Å². The molecule has 188 valence electrons. The molecule has 0 aliphatic rings. The van der Waals surface area contributed by atoms with Crippen molar-refractivity contribution in [2.45, 2.75) is 13.3 Å². The number of hydrogen-bond acceptors (Lipinski definition) is 3. The van der Waals surface area contributed by atoms with Crippen molar-refractivity contribution in [3.8, 4) is 11.1 Å². The van der Waals surface area contributed by atoms with E-state index in [-0.39, 0.29) is 34.0 Å². The third kappa shape index (κ3) is 5.90. The number of aromatic amines is 1. The van der Waals surface area contributed by atoms with Gasteiger partial charge in [0.25, 0.3) is 0 Å². The maximum absolute atomic E-state index is 14.2. The zero-order valence-corrected chi connectivity index (χ0v) is 20.1. The fraction of sp³-hybridized carbons (Fsp3) is 0.0741. The SMILES string of the molecule is Cc1ccc(F)cc1.O=C(O)c1ccc2nc(Cc3ccc(-c4c(F)ccc(Cl)c4F)c[n+]3O)[nH]c2c1. The van der Waals surface area contributed by atoms with E-state index < -0.39 is 17.6 Å². The van der Waals surface area contributed by atoms with E-state index in [0.29, 0.717) is 22.6 Å². The Morgan fingerprint density at radius 3 is 2.41 bits per heavy atom. The van der Waals surface area contributed by atoms with Gasteiger partial charge >= 0.3 is 5.97 Å². The van der Waals surface area contributed by atoms with Crippen LogP contribution >= 0.6 is 11.6 Å². The van der Waals surface area contributed by atoms with Crippen LogP contribution in [0.5, 0.6) is 0 Å². The normalized spacial score (nSPS) is 10.7. The molecule has 0 aliphatic heterocycles. The molecule has 3 aromatic carbocycles. The number of rotatable bonds is 4. The van der Waals surface area contributed by atoms with E-state index in [1.807, 2.05) is 6.92 Å². The maximum Gasteiger partial charge on any atom is 0.335 e. The van der Waals surface area contributed by atoms with Gasteiger partial charge in [0.15, 0.2) is 5.82 Å².